The zero-order valence-electron chi connectivity index (χ0n) is 16.5. The van der Waals surface area contributed by atoms with Crippen LogP contribution in [0.5, 0.6) is 11.5 Å². The van der Waals surface area contributed by atoms with Crippen molar-refractivity contribution in [2.45, 2.75) is 27.7 Å². The van der Waals surface area contributed by atoms with E-state index in [0.717, 1.165) is 11.1 Å². The van der Waals surface area contributed by atoms with Gasteiger partial charge in [0.25, 0.3) is 5.69 Å². The highest BCUT2D eigenvalue weighted by atomic mass is 16.6. The Kier molecular flexibility index (Phi) is 7.20. The molecule has 0 radical (unpaired) electrons. The molecule has 0 saturated heterocycles. The van der Waals surface area contributed by atoms with Crippen molar-refractivity contribution >= 4 is 23.0 Å². The van der Waals surface area contributed by atoms with E-state index in [2.05, 4.69) is 10.6 Å². The average molecular weight is 387 g/mol. The predicted octanol–water partition coefficient (Wildman–Crippen LogP) is 4.06. The number of nitro groups is 1. The fourth-order valence-electron chi connectivity index (χ4n) is 2.63. The molecule has 0 fully saturated rings. The number of nitrogens with zero attached hydrogens (tertiary/aromatic N) is 1. The van der Waals surface area contributed by atoms with Crippen LogP contribution in [-0.2, 0) is 4.79 Å². The van der Waals surface area contributed by atoms with Gasteiger partial charge in [-0.1, -0.05) is 12.1 Å². The SMILES string of the molecule is CCOc1cc(NCC(=O)Nc2cccc(C)c2C)c([N+](=O)[O-])cc1OCC. The number of carbonyl (C=O) groups is 1. The minimum atomic E-state index is -0.525. The third-order valence-corrected chi connectivity index (χ3v) is 4.18. The Hall–Kier alpha value is -3.29. The first-order chi connectivity index (χ1) is 13.4. The Morgan fingerprint density at radius 3 is 2.32 bits per heavy atom. The summed E-state index contributed by atoms with van der Waals surface area (Å²) >= 11 is 0. The number of nitrogens with one attached hydrogen (secondary N) is 2. The van der Waals surface area contributed by atoms with Crippen LogP contribution in [0.4, 0.5) is 17.1 Å². The molecule has 150 valence electrons. The average Bonchev–Trinajstić information content (AvgIpc) is 2.65. The molecule has 0 atom stereocenters. The standard InChI is InChI=1S/C20H25N3O5/c1-5-27-18-10-16(17(23(25)26)11-19(18)28-6-2)21-12-20(24)22-15-9-7-8-13(3)14(15)4/h7-11,21H,5-6,12H2,1-4H3,(H,22,24). The van der Waals surface area contributed by atoms with Crippen molar-refractivity contribution in [3.8, 4) is 11.5 Å². The smallest absolute Gasteiger partial charge is 0.296 e. The highest BCUT2D eigenvalue weighted by molar-refractivity contribution is 5.95. The molecule has 0 aliphatic rings. The summed E-state index contributed by atoms with van der Waals surface area (Å²) in [4.78, 5) is 23.2. The molecule has 0 spiro atoms. The van der Waals surface area contributed by atoms with E-state index in [1.54, 1.807) is 6.92 Å². The van der Waals surface area contributed by atoms with Crippen LogP contribution >= 0.6 is 0 Å². The first-order valence-electron chi connectivity index (χ1n) is 9.05. The minimum absolute atomic E-state index is 0.131. The van der Waals surface area contributed by atoms with E-state index >= 15 is 0 Å². The second-order valence-electron chi connectivity index (χ2n) is 6.09. The summed E-state index contributed by atoms with van der Waals surface area (Å²) in [5, 5.41) is 17.1. The van der Waals surface area contributed by atoms with Crippen LogP contribution < -0.4 is 20.1 Å². The summed E-state index contributed by atoms with van der Waals surface area (Å²) in [6, 6.07) is 8.42. The molecule has 0 aromatic heterocycles. The van der Waals surface area contributed by atoms with E-state index < -0.39 is 4.92 Å². The van der Waals surface area contributed by atoms with Gasteiger partial charge in [-0.05, 0) is 44.9 Å². The van der Waals surface area contributed by atoms with Crippen LogP contribution in [0.2, 0.25) is 0 Å². The van der Waals surface area contributed by atoms with Gasteiger partial charge in [-0.15, -0.1) is 0 Å². The molecule has 0 bridgehead atoms. The molecule has 8 nitrogen and oxygen atoms in total. The number of amides is 1. The molecule has 0 saturated carbocycles. The van der Waals surface area contributed by atoms with Crippen molar-refractivity contribution in [2.24, 2.45) is 0 Å². The van der Waals surface area contributed by atoms with E-state index in [9.17, 15) is 14.9 Å². The number of aryl methyl sites for hydroxylation is 1. The van der Waals surface area contributed by atoms with Gasteiger partial charge in [-0.2, -0.15) is 0 Å². The van der Waals surface area contributed by atoms with Crippen LogP contribution in [-0.4, -0.2) is 30.6 Å². The van der Waals surface area contributed by atoms with Crippen molar-refractivity contribution in [1.29, 1.82) is 0 Å². The lowest BCUT2D eigenvalue weighted by atomic mass is 10.1. The first kappa shape index (κ1) is 21.0. The predicted molar refractivity (Wildman–Crippen MR) is 108 cm³/mol. The van der Waals surface area contributed by atoms with Gasteiger partial charge in [0.1, 0.15) is 5.69 Å². The number of benzene rings is 2. The largest absolute Gasteiger partial charge is 0.490 e. The van der Waals surface area contributed by atoms with Crippen LogP contribution in [0.1, 0.15) is 25.0 Å². The Labute approximate surface area is 164 Å². The molecule has 8 heteroatoms. The monoisotopic (exact) mass is 387 g/mol. The maximum Gasteiger partial charge on any atom is 0.296 e. The molecular weight excluding hydrogens is 362 g/mol. The maximum atomic E-state index is 12.3. The van der Waals surface area contributed by atoms with Gasteiger partial charge in [-0.25, -0.2) is 0 Å². The Morgan fingerprint density at radius 2 is 1.71 bits per heavy atom. The zero-order valence-corrected chi connectivity index (χ0v) is 16.5. The zero-order chi connectivity index (χ0) is 20.7. The lowest BCUT2D eigenvalue weighted by molar-refractivity contribution is -0.384. The van der Waals surface area contributed by atoms with E-state index in [1.165, 1.54) is 12.1 Å². The molecule has 2 aromatic rings. The van der Waals surface area contributed by atoms with Crippen molar-refractivity contribution in [2.75, 3.05) is 30.4 Å². The molecule has 28 heavy (non-hydrogen) atoms. The first-order valence-corrected chi connectivity index (χ1v) is 9.05. The Balaban J connectivity index is 2.19. The number of rotatable bonds is 9. The van der Waals surface area contributed by atoms with Crippen LogP contribution in [0, 0.1) is 24.0 Å². The van der Waals surface area contributed by atoms with E-state index in [0.29, 0.717) is 30.4 Å². The van der Waals surface area contributed by atoms with Crippen LogP contribution in [0.25, 0.3) is 0 Å². The number of nitro benzene ring substituents is 1. The Morgan fingerprint density at radius 1 is 1.07 bits per heavy atom. The summed E-state index contributed by atoms with van der Waals surface area (Å²) in [6.45, 7) is 8.07. The summed E-state index contributed by atoms with van der Waals surface area (Å²) < 4.78 is 10.9. The maximum absolute atomic E-state index is 12.3. The van der Waals surface area contributed by atoms with Crippen molar-refractivity contribution in [1.82, 2.24) is 0 Å². The lowest BCUT2D eigenvalue weighted by Crippen LogP contribution is -2.22. The molecule has 0 aliphatic heterocycles. The lowest BCUT2D eigenvalue weighted by Gasteiger charge is -2.14. The van der Waals surface area contributed by atoms with E-state index in [-0.39, 0.29) is 23.8 Å². The third kappa shape index (κ3) is 5.12. The fourth-order valence-corrected chi connectivity index (χ4v) is 2.63. The van der Waals surface area contributed by atoms with Gasteiger partial charge >= 0.3 is 0 Å². The number of ether oxygens (including phenoxy) is 2. The number of anilines is 2. The van der Waals surface area contributed by atoms with E-state index in [1.807, 2.05) is 39.0 Å². The topological polar surface area (TPSA) is 103 Å². The second-order valence-corrected chi connectivity index (χ2v) is 6.09. The third-order valence-electron chi connectivity index (χ3n) is 4.18. The van der Waals surface area contributed by atoms with Gasteiger partial charge in [0.2, 0.25) is 5.91 Å². The normalized spacial score (nSPS) is 10.3. The molecule has 2 N–H and O–H groups in total. The summed E-state index contributed by atoms with van der Waals surface area (Å²) in [5.74, 6) is 0.365. The van der Waals surface area contributed by atoms with Gasteiger partial charge in [0, 0.05) is 11.8 Å². The number of carbonyl (C=O) groups excluding carboxylic acids is 1. The van der Waals surface area contributed by atoms with E-state index in [4.69, 9.17) is 9.47 Å². The molecule has 2 rings (SSSR count). The van der Waals surface area contributed by atoms with Gasteiger partial charge in [-0.3, -0.25) is 14.9 Å². The van der Waals surface area contributed by atoms with Crippen molar-refractivity contribution in [3.05, 3.63) is 51.6 Å². The minimum Gasteiger partial charge on any atom is -0.490 e. The molecule has 1 amide bonds. The van der Waals surface area contributed by atoms with Crippen LogP contribution in [0.3, 0.4) is 0 Å². The van der Waals surface area contributed by atoms with Gasteiger partial charge in [0.05, 0.1) is 30.7 Å². The highest BCUT2D eigenvalue weighted by Gasteiger charge is 2.20. The second kappa shape index (κ2) is 9.59. The summed E-state index contributed by atoms with van der Waals surface area (Å²) in [7, 11) is 0. The quantitative estimate of drug-likeness (QED) is 0.497. The molecule has 0 unspecified atom stereocenters. The number of hydrogen-bond acceptors (Lipinski definition) is 6. The van der Waals surface area contributed by atoms with Crippen molar-refractivity contribution in [3.63, 3.8) is 0 Å². The van der Waals surface area contributed by atoms with Gasteiger partial charge < -0.3 is 20.1 Å². The molecule has 0 aliphatic carbocycles. The fraction of sp³-hybridized carbons (Fsp3) is 0.350. The number of hydrogen-bond donors (Lipinski definition) is 2. The summed E-state index contributed by atoms with van der Waals surface area (Å²) in [6.07, 6.45) is 0. The van der Waals surface area contributed by atoms with Gasteiger partial charge in [0.15, 0.2) is 11.5 Å². The van der Waals surface area contributed by atoms with Crippen molar-refractivity contribution < 1.29 is 19.2 Å². The Bertz CT molecular complexity index is 867. The highest BCUT2D eigenvalue weighted by Crippen LogP contribution is 2.38. The molecule has 2 aromatic carbocycles. The van der Waals surface area contributed by atoms with Crippen LogP contribution in [0.15, 0.2) is 30.3 Å². The summed E-state index contributed by atoms with van der Waals surface area (Å²) in [5.41, 5.74) is 2.75. The molecule has 0 heterocycles. The molecular formula is C20H25N3O5.